The van der Waals surface area contributed by atoms with Crippen LogP contribution in [0.2, 0.25) is 0 Å². The molecule has 3 N–H and O–H groups in total. The van der Waals surface area contributed by atoms with Gasteiger partial charge in [-0.2, -0.15) is 0 Å². The molecule has 7 heteroatoms. The molecule has 28 heavy (non-hydrogen) atoms. The number of piperazine rings is 1. The van der Waals surface area contributed by atoms with Crippen LogP contribution in [0.3, 0.4) is 0 Å². The first-order valence-corrected chi connectivity index (χ1v) is 9.57. The molecule has 1 saturated heterocycles. The molecule has 1 unspecified atom stereocenters. The van der Waals surface area contributed by atoms with Gasteiger partial charge in [0.2, 0.25) is 11.8 Å². The zero-order chi connectivity index (χ0) is 19.8. The van der Waals surface area contributed by atoms with Crippen molar-refractivity contribution in [1.29, 1.82) is 0 Å². The lowest BCUT2D eigenvalue weighted by Crippen LogP contribution is -2.56. The highest BCUT2D eigenvalue weighted by Gasteiger charge is 2.25. The summed E-state index contributed by atoms with van der Waals surface area (Å²) in [5, 5.41) is 9.07. The fourth-order valence-corrected chi connectivity index (χ4v) is 3.29. The number of hydrogen-bond acceptors (Lipinski definition) is 5. The Morgan fingerprint density at radius 1 is 1.18 bits per heavy atom. The van der Waals surface area contributed by atoms with Gasteiger partial charge in [-0.3, -0.25) is 14.6 Å². The summed E-state index contributed by atoms with van der Waals surface area (Å²) in [5.74, 6) is -0.295. The van der Waals surface area contributed by atoms with Gasteiger partial charge in [-0.25, -0.2) is 0 Å². The number of pyridine rings is 1. The van der Waals surface area contributed by atoms with Crippen LogP contribution in [0.1, 0.15) is 17.3 Å². The van der Waals surface area contributed by atoms with E-state index >= 15 is 0 Å². The number of carbonyl (C=O) groups is 2. The third-order valence-electron chi connectivity index (χ3n) is 4.95. The van der Waals surface area contributed by atoms with Gasteiger partial charge in [0.15, 0.2) is 0 Å². The molecule has 7 nitrogen and oxygen atoms in total. The largest absolute Gasteiger partial charge is 0.346 e. The fraction of sp³-hybridized carbons (Fsp3) is 0.381. The monoisotopic (exact) mass is 381 g/mol. The van der Waals surface area contributed by atoms with Crippen molar-refractivity contribution < 1.29 is 9.59 Å². The predicted octanol–water partition coefficient (Wildman–Crippen LogP) is 0.501. The van der Waals surface area contributed by atoms with Gasteiger partial charge in [-0.15, -0.1) is 0 Å². The molecule has 1 aromatic heterocycles. The SMILES string of the molecule is CN(C(=O)CNC(=O)C1CNCCN1)[C@@H](Cc1ccccn1)c1ccccc1. The Hall–Kier alpha value is -2.77. The molecule has 1 aromatic carbocycles. The summed E-state index contributed by atoms with van der Waals surface area (Å²) in [6.45, 7) is 2.13. The lowest BCUT2D eigenvalue weighted by molar-refractivity contribution is -0.134. The van der Waals surface area contributed by atoms with Crippen LogP contribution >= 0.6 is 0 Å². The summed E-state index contributed by atoms with van der Waals surface area (Å²) < 4.78 is 0. The van der Waals surface area contributed by atoms with Gasteiger partial charge < -0.3 is 20.9 Å². The van der Waals surface area contributed by atoms with Gasteiger partial charge in [0.25, 0.3) is 0 Å². The van der Waals surface area contributed by atoms with Crippen LogP contribution in [-0.4, -0.2) is 61.0 Å². The summed E-state index contributed by atoms with van der Waals surface area (Å²) >= 11 is 0. The molecular weight excluding hydrogens is 354 g/mol. The standard InChI is InChI=1S/C21H27N5O2/c1-26(20(27)15-25-21(28)18-14-22-11-12-24-18)19(16-7-3-2-4-8-16)13-17-9-5-6-10-23-17/h2-10,18-19,22,24H,11-15H2,1H3,(H,25,28)/t18?,19-/m0/s1. The van der Waals surface area contributed by atoms with Crippen molar-refractivity contribution in [2.45, 2.75) is 18.5 Å². The lowest BCUT2D eigenvalue weighted by Gasteiger charge is -2.29. The number of aromatic nitrogens is 1. The second kappa shape index (κ2) is 9.96. The summed E-state index contributed by atoms with van der Waals surface area (Å²) in [7, 11) is 1.77. The average molecular weight is 381 g/mol. The normalized spacial score (nSPS) is 17.5. The molecule has 0 bridgehead atoms. The molecule has 1 aliphatic heterocycles. The van der Waals surface area contributed by atoms with E-state index in [4.69, 9.17) is 0 Å². The van der Waals surface area contributed by atoms with Crippen LogP contribution in [0, 0.1) is 0 Å². The lowest BCUT2D eigenvalue weighted by atomic mass is 10.00. The average Bonchev–Trinajstić information content (AvgIpc) is 2.77. The quantitative estimate of drug-likeness (QED) is 0.650. The number of likely N-dealkylation sites (N-methyl/N-ethyl adjacent to an activating group) is 1. The second-order valence-corrected chi connectivity index (χ2v) is 6.88. The van der Waals surface area contributed by atoms with E-state index < -0.39 is 0 Å². The van der Waals surface area contributed by atoms with E-state index in [1.165, 1.54) is 0 Å². The van der Waals surface area contributed by atoms with Crippen LogP contribution in [0.15, 0.2) is 54.7 Å². The highest BCUT2D eigenvalue weighted by atomic mass is 16.2. The minimum atomic E-state index is -0.301. The predicted molar refractivity (Wildman–Crippen MR) is 108 cm³/mol. The number of nitrogens with one attached hydrogen (secondary N) is 3. The Morgan fingerprint density at radius 2 is 1.96 bits per heavy atom. The van der Waals surface area contributed by atoms with Crippen LogP contribution < -0.4 is 16.0 Å². The third-order valence-corrected chi connectivity index (χ3v) is 4.95. The van der Waals surface area contributed by atoms with Gasteiger partial charge in [-0.1, -0.05) is 36.4 Å². The van der Waals surface area contributed by atoms with Gasteiger partial charge in [-0.05, 0) is 17.7 Å². The van der Waals surface area contributed by atoms with E-state index in [1.807, 2.05) is 48.5 Å². The fourth-order valence-electron chi connectivity index (χ4n) is 3.29. The van der Waals surface area contributed by atoms with Crippen molar-refractivity contribution in [1.82, 2.24) is 25.8 Å². The topological polar surface area (TPSA) is 86.4 Å². The van der Waals surface area contributed by atoms with Crippen LogP contribution in [0.25, 0.3) is 0 Å². The summed E-state index contributed by atoms with van der Waals surface area (Å²) in [4.78, 5) is 31.1. The number of rotatable bonds is 7. The number of benzene rings is 1. The molecule has 1 fully saturated rings. The minimum absolute atomic E-state index is 0.0287. The van der Waals surface area contributed by atoms with Gasteiger partial charge in [0, 0.05) is 45.0 Å². The van der Waals surface area contributed by atoms with E-state index in [2.05, 4.69) is 20.9 Å². The molecule has 2 heterocycles. The van der Waals surface area contributed by atoms with Crippen LogP contribution in [0.5, 0.6) is 0 Å². The van der Waals surface area contributed by atoms with Crippen molar-refractivity contribution in [3.05, 3.63) is 66.0 Å². The smallest absolute Gasteiger partial charge is 0.242 e. The molecule has 0 radical (unpaired) electrons. The maximum atomic E-state index is 12.8. The van der Waals surface area contributed by atoms with Crippen molar-refractivity contribution in [2.24, 2.45) is 0 Å². The van der Waals surface area contributed by atoms with Crippen molar-refractivity contribution in [2.75, 3.05) is 33.2 Å². The van der Waals surface area contributed by atoms with Crippen molar-refractivity contribution in [3.63, 3.8) is 0 Å². The maximum absolute atomic E-state index is 12.8. The molecule has 3 rings (SSSR count). The van der Waals surface area contributed by atoms with Crippen LogP contribution in [0.4, 0.5) is 0 Å². The molecule has 2 aromatic rings. The van der Waals surface area contributed by atoms with Crippen molar-refractivity contribution in [3.8, 4) is 0 Å². The van der Waals surface area contributed by atoms with Gasteiger partial charge >= 0.3 is 0 Å². The zero-order valence-electron chi connectivity index (χ0n) is 16.1. The minimum Gasteiger partial charge on any atom is -0.346 e. The van der Waals surface area contributed by atoms with E-state index in [0.717, 1.165) is 24.3 Å². The number of hydrogen-bond donors (Lipinski definition) is 3. The highest BCUT2D eigenvalue weighted by Crippen LogP contribution is 2.23. The molecule has 0 spiro atoms. The van der Waals surface area contributed by atoms with E-state index in [0.29, 0.717) is 13.0 Å². The molecular formula is C21H27N5O2. The Morgan fingerprint density at radius 3 is 2.64 bits per heavy atom. The summed E-state index contributed by atoms with van der Waals surface area (Å²) in [6, 6.07) is 15.2. The van der Waals surface area contributed by atoms with Crippen LogP contribution in [-0.2, 0) is 16.0 Å². The molecule has 2 atom stereocenters. The Bertz CT molecular complexity index is 763. The molecule has 1 aliphatic rings. The number of carbonyl (C=O) groups excluding carboxylic acids is 2. The maximum Gasteiger partial charge on any atom is 0.242 e. The first-order chi connectivity index (χ1) is 13.6. The first-order valence-electron chi connectivity index (χ1n) is 9.57. The number of nitrogens with zero attached hydrogens (tertiary/aromatic N) is 2. The molecule has 0 saturated carbocycles. The Labute approximate surface area is 165 Å². The third kappa shape index (κ3) is 5.37. The summed E-state index contributed by atoms with van der Waals surface area (Å²) in [5.41, 5.74) is 1.95. The second-order valence-electron chi connectivity index (χ2n) is 6.88. The van der Waals surface area contributed by atoms with E-state index in [1.54, 1.807) is 18.1 Å². The van der Waals surface area contributed by atoms with E-state index in [-0.39, 0.29) is 30.4 Å². The Kier molecular flexibility index (Phi) is 7.11. The zero-order valence-corrected chi connectivity index (χ0v) is 16.1. The molecule has 148 valence electrons. The van der Waals surface area contributed by atoms with Gasteiger partial charge in [0.05, 0.1) is 18.6 Å². The molecule has 0 aliphatic carbocycles. The number of amides is 2. The first kappa shape index (κ1) is 20.0. The summed E-state index contributed by atoms with van der Waals surface area (Å²) in [6.07, 6.45) is 2.36. The van der Waals surface area contributed by atoms with Gasteiger partial charge in [0.1, 0.15) is 0 Å². The highest BCUT2D eigenvalue weighted by molar-refractivity contribution is 5.87. The van der Waals surface area contributed by atoms with Crippen molar-refractivity contribution >= 4 is 11.8 Å². The van der Waals surface area contributed by atoms with E-state index in [9.17, 15) is 9.59 Å². The molecule has 2 amide bonds. The Balaban J connectivity index is 1.65.